The molecule has 1 aliphatic carbocycles. The van der Waals surface area contributed by atoms with Gasteiger partial charge in [0.15, 0.2) is 0 Å². The summed E-state index contributed by atoms with van der Waals surface area (Å²) < 4.78 is 0. The maximum absolute atomic E-state index is 12.4. The molecule has 1 saturated carbocycles. The highest BCUT2D eigenvalue weighted by Crippen LogP contribution is 2.31. The molecule has 0 aromatic rings. The number of aliphatic carboxylic acids is 1. The Balaban J connectivity index is 1.52. The second-order valence-electron chi connectivity index (χ2n) is 7.05. The second-order valence-corrected chi connectivity index (χ2v) is 7.05. The SMILES string of the molecule is CC1(C(=O)O)CCCN(C(=O)NC2CCN(C3CC3)C2)C1. The minimum atomic E-state index is -0.805. The molecule has 2 heterocycles. The maximum Gasteiger partial charge on any atom is 0.317 e. The number of likely N-dealkylation sites (tertiary alicyclic amines) is 2. The minimum Gasteiger partial charge on any atom is -0.481 e. The molecule has 2 amide bonds. The van der Waals surface area contributed by atoms with E-state index in [9.17, 15) is 14.7 Å². The summed E-state index contributed by atoms with van der Waals surface area (Å²) in [5.74, 6) is -0.805. The van der Waals surface area contributed by atoms with E-state index in [2.05, 4.69) is 10.2 Å². The van der Waals surface area contributed by atoms with Gasteiger partial charge in [-0.3, -0.25) is 9.69 Å². The number of amides is 2. The monoisotopic (exact) mass is 295 g/mol. The third-order valence-corrected chi connectivity index (χ3v) is 5.11. The van der Waals surface area contributed by atoms with Gasteiger partial charge in [-0.2, -0.15) is 0 Å². The fraction of sp³-hybridized carbons (Fsp3) is 0.867. The zero-order valence-corrected chi connectivity index (χ0v) is 12.7. The maximum atomic E-state index is 12.4. The molecule has 21 heavy (non-hydrogen) atoms. The van der Waals surface area contributed by atoms with Gasteiger partial charge >= 0.3 is 12.0 Å². The average Bonchev–Trinajstić information content (AvgIpc) is 3.19. The number of hydrogen-bond donors (Lipinski definition) is 2. The Morgan fingerprint density at radius 3 is 2.67 bits per heavy atom. The van der Waals surface area contributed by atoms with E-state index in [4.69, 9.17) is 0 Å². The zero-order chi connectivity index (χ0) is 15.0. The molecule has 2 unspecified atom stereocenters. The van der Waals surface area contributed by atoms with Crippen molar-refractivity contribution in [3.63, 3.8) is 0 Å². The van der Waals surface area contributed by atoms with Crippen LogP contribution in [0.15, 0.2) is 0 Å². The highest BCUT2D eigenvalue weighted by Gasteiger charge is 2.40. The average molecular weight is 295 g/mol. The molecule has 2 atom stereocenters. The van der Waals surface area contributed by atoms with E-state index in [-0.39, 0.29) is 12.1 Å². The smallest absolute Gasteiger partial charge is 0.317 e. The van der Waals surface area contributed by atoms with Crippen molar-refractivity contribution in [1.82, 2.24) is 15.1 Å². The van der Waals surface area contributed by atoms with Crippen molar-refractivity contribution in [2.45, 2.75) is 51.1 Å². The Morgan fingerprint density at radius 1 is 1.24 bits per heavy atom. The summed E-state index contributed by atoms with van der Waals surface area (Å²) in [5, 5.41) is 12.4. The summed E-state index contributed by atoms with van der Waals surface area (Å²) in [4.78, 5) is 27.8. The standard InChI is InChI=1S/C15H25N3O3/c1-15(13(19)20)6-2-7-18(10-15)14(21)16-11-5-8-17(9-11)12-3-4-12/h11-12H,2-10H2,1H3,(H,16,21)(H,19,20). The highest BCUT2D eigenvalue weighted by molar-refractivity contribution is 5.78. The van der Waals surface area contributed by atoms with Gasteiger partial charge in [-0.25, -0.2) is 4.79 Å². The highest BCUT2D eigenvalue weighted by atomic mass is 16.4. The molecule has 118 valence electrons. The van der Waals surface area contributed by atoms with Crippen LogP contribution in [-0.2, 0) is 4.79 Å². The quantitative estimate of drug-likeness (QED) is 0.818. The summed E-state index contributed by atoms with van der Waals surface area (Å²) in [6.07, 6.45) is 5.00. The van der Waals surface area contributed by atoms with Crippen molar-refractivity contribution in [2.24, 2.45) is 5.41 Å². The van der Waals surface area contributed by atoms with Gasteiger partial charge in [0.25, 0.3) is 0 Å². The van der Waals surface area contributed by atoms with Crippen LogP contribution in [0.3, 0.4) is 0 Å². The molecular weight excluding hydrogens is 270 g/mol. The first kappa shape index (κ1) is 14.6. The van der Waals surface area contributed by atoms with E-state index < -0.39 is 11.4 Å². The van der Waals surface area contributed by atoms with Gasteiger partial charge in [-0.05, 0) is 39.0 Å². The van der Waals surface area contributed by atoms with Crippen LogP contribution in [0.2, 0.25) is 0 Å². The lowest BCUT2D eigenvalue weighted by Gasteiger charge is -2.37. The molecule has 0 radical (unpaired) electrons. The van der Waals surface area contributed by atoms with E-state index >= 15 is 0 Å². The van der Waals surface area contributed by atoms with Gasteiger partial charge in [0.1, 0.15) is 0 Å². The van der Waals surface area contributed by atoms with E-state index in [1.807, 2.05) is 0 Å². The third kappa shape index (κ3) is 3.15. The number of carboxylic acids is 1. The Bertz CT molecular complexity index is 438. The van der Waals surface area contributed by atoms with Crippen molar-refractivity contribution >= 4 is 12.0 Å². The van der Waals surface area contributed by atoms with Crippen molar-refractivity contribution in [3.05, 3.63) is 0 Å². The minimum absolute atomic E-state index is 0.0928. The Labute approximate surface area is 125 Å². The molecule has 2 aliphatic heterocycles. The lowest BCUT2D eigenvalue weighted by Crippen LogP contribution is -2.53. The van der Waals surface area contributed by atoms with Crippen molar-refractivity contribution < 1.29 is 14.7 Å². The molecular formula is C15H25N3O3. The summed E-state index contributed by atoms with van der Waals surface area (Å²) in [6, 6.07) is 0.873. The largest absolute Gasteiger partial charge is 0.481 e. The summed E-state index contributed by atoms with van der Waals surface area (Å²) in [5.41, 5.74) is -0.800. The van der Waals surface area contributed by atoms with Gasteiger partial charge in [0.2, 0.25) is 0 Å². The number of piperidine rings is 1. The summed E-state index contributed by atoms with van der Waals surface area (Å²) in [7, 11) is 0. The number of carboxylic acid groups (broad SMARTS) is 1. The first-order valence-corrected chi connectivity index (χ1v) is 8.01. The number of nitrogens with one attached hydrogen (secondary N) is 1. The number of carbonyl (C=O) groups is 2. The third-order valence-electron chi connectivity index (χ3n) is 5.11. The van der Waals surface area contributed by atoms with Crippen molar-refractivity contribution in [1.29, 1.82) is 0 Å². The van der Waals surface area contributed by atoms with Crippen LogP contribution in [0.1, 0.15) is 39.0 Å². The molecule has 2 N–H and O–H groups in total. The van der Waals surface area contributed by atoms with Crippen molar-refractivity contribution in [2.75, 3.05) is 26.2 Å². The van der Waals surface area contributed by atoms with Gasteiger partial charge in [-0.15, -0.1) is 0 Å². The molecule has 6 nitrogen and oxygen atoms in total. The molecule has 0 aromatic carbocycles. The molecule has 6 heteroatoms. The van der Waals surface area contributed by atoms with Gasteiger partial charge in [0.05, 0.1) is 5.41 Å². The predicted molar refractivity (Wildman–Crippen MR) is 78.1 cm³/mol. The van der Waals surface area contributed by atoms with Crippen LogP contribution in [0.5, 0.6) is 0 Å². The van der Waals surface area contributed by atoms with E-state index in [0.717, 1.165) is 32.0 Å². The predicted octanol–water partition coefficient (Wildman–Crippen LogP) is 1.12. The van der Waals surface area contributed by atoms with Crippen molar-refractivity contribution in [3.8, 4) is 0 Å². The van der Waals surface area contributed by atoms with Crippen LogP contribution in [0.25, 0.3) is 0 Å². The topological polar surface area (TPSA) is 72.9 Å². The van der Waals surface area contributed by atoms with E-state index in [1.54, 1.807) is 11.8 Å². The van der Waals surface area contributed by atoms with Crippen LogP contribution < -0.4 is 5.32 Å². The lowest BCUT2D eigenvalue weighted by atomic mass is 9.82. The molecule has 0 spiro atoms. The number of carbonyl (C=O) groups excluding carboxylic acids is 1. The first-order valence-electron chi connectivity index (χ1n) is 8.01. The number of rotatable bonds is 3. The van der Waals surface area contributed by atoms with E-state index in [0.29, 0.717) is 19.5 Å². The van der Waals surface area contributed by atoms with Gasteiger partial charge < -0.3 is 15.3 Å². The fourth-order valence-corrected chi connectivity index (χ4v) is 3.53. The fourth-order valence-electron chi connectivity index (χ4n) is 3.53. The molecule has 3 fully saturated rings. The van der Waals surface area contributed by atoms with Gasteiger partial charge in [-0.1, -0.05) is 0 Å². The van der Waals surface area contributed by atoms with Crippen LogP contribution in [0.4, 0.5) is 4.79 Å². The zero-order valence-electron chi connectivity index (χ0n) is 12.7. The normalized spacial score (nSPS) is 34.0. The van der Waals surface area contributed by atoms with E-state index in [1.165, 1.54) is 12.8 Å². The Kier molecular flexibility index (Phi) is 3.82. The lowest BCUT2D eigenvalue weighted by molar-refractivity contribution is -0.150. The number of hydrogen-bond acceptors (Lipinski definition) is 3. The molecule has 3 aliphatic rings. The van der Waals surface area contributed by atoms with Gasteiger partial charge in [0, 0.05) is 38.3 Å². The van der Waals surface area contributed by atoms with Crippen LogP contribution >= 0.6 is 0 Å². The molecule has 2 saturated heterocycles. The number of urea groups is 1. The first-order chi connectivity index (χ1) is 9.98. The molecule has 0 aromatic heterocycles. The Hall–Kier alpha value is -1.30. The summed E-state index contributed by atoms with van der Waals surface area (Å²) >= 11 is 0. The second kappa shape index (κ2) is 5.48. The Morgan fingerprint density at radius 2 is 2.00 bits per heavy atom. The van der Waals surface area contributed by atoms with Crippen LogP contribution in [0, 0.1) is 5.41 Å². The summed E-state index contributed by atoms with van der Waals surface area (Å²) in [6.45, 7) is 4.73. The van der Waals surface area contributed by atoms with Crippen LogP contribution in [-0.4, -0.2) is 65.2 Å². The molecule has 3 rings (SSSR count). The molecule has 0 bridgehead atoms. The number of nitrogens with zero attached hydrogens (tertiary/aromatic N) is 2.